The summed E-state index contributed by atoms with van der Waals surface area (Å²) in [6.45, 7) is 9.28. The van der Waals surface area contributed by atoms with Gasteiger partial charge in [-0.05, 0) is 27.7 Å². The number of nitrogens with zero attached hydrogens (tertiary/aromatic N) is 4. The van der Waals surface area contributed by atoms with Crippen molar-refractivity contribution in [2.75, 3.05) is 0 Å². The summed E-state index contributed by atoms with van der Waals surface area (Å²) in [5, 5.41) is 11.7. The highest BCUT2D eigenvalue weighted by atomic mass is 35.5. The number of carbonyl (C=O) groups excluding carboxylic acids is 1. The van der Waals surface area contributed by atoms with Gasteiger partial charge < -0.3 is 5.32 Å². The van der Waals surface area contributed by atoms with Crippen LogP contribution in [0.4, 0.5) is 0 Å². The molecular weight excluding hydrogens is 290 g/mol. The topological polar surface area (TPSA) is 64.7 Å². The van der Waals surface area contributed by atoms with Gasteiger partial charge in [0.05, 0.1) is 23.5 Å². The van der Waals surface area contributed by atoms with E-state index in [9.17, 15) is 4.79 Å². The van der Waals surface area contributed by atoms with E-state index in [0.29, 0.717) is 17.3 Å². The fourth-order valence-electron chi connectivity index (χ4n) is 2.38. The molecule has 2 aromatic rings. The quantitative estimate of drug-likeness (QED) is 0.923. The molecular formula is C14H20ClN5O. The van der Waals surface area contributed by atoms with Crippen molar-refractivity contribution in [2.24, 2.45) is 0 Å². The average Bonchev–Trinajstić information content (AvgIpc) is 3.01. The van der Waals surface area contributed by atoms with Crippen molar-refractivity contribution >= 4 is 17.5 Å². The fourth-order valence-corrected chi connectivity index (χ4v) is 2.60. The van der Waals surface area contributed by atoms with Crippen molar-refractivity contribution < 1.29 is 4.79 Å². The lowest BCUT2D eigenvalue weighted by molar-refractivity contribution is 0.0929. The molecule has 2 heterocycles. The van der Waals surface area contributed by atoms with Gasteiger partial charge >= 0.3 is 0 Å². The van der Waals surface area contributed by atoms with Crippen LogP contribution >= 0.6 is 11.6 Å². The molecule has 0 radical (unpaired) electrons. The first-order valence-corrected chi connectivity index (χ1v) is 7.41. The first kappa shape index (κ1) is 15.6. The maximum absolute atomic E-state index is 12.4. The number of hydrogen-bond donors (Lipinski definition) is 1. The van der Waals surface area contributed by atoms with E-state index in [1.54, 1.807) is 10.9 Å². The summed E-state index contributed by atoms with van der Waals surface area (Å²) in [6, 6.07) is -0.144. The molecule has 1 atom stereocenters. The van der Waals surface area contributed by atoms with E-state index >= 15 is 0 Å². The Hall–Kier alpha value is -1.82. The van der Waals surface area contributed by atoms with Gasteiger partial charge in [-0.2, -0.15) is 10.2 Å². The molecule has 0 aliphatic rings. The monoisotopic (exact) mass is 309 g/mol. The Bertz CT molecular complexity index is 646. The molecule has 21 heavy (non-hydrogen) atoms. The Labute approximate surface area is 129 Å². The molecule has 0 fully saturated rings. The van der Waals surface area contributed by atoms with Gasteiger partial charge in [0.25, 0.3) is 5.91 Å². The van der Waals surface area contributed by atoms with Crippen LogP contribution in [0.5, 0.6) is 0 Å². The smallest absolute Gasteiger partial charge is 0.271 e. The van der Waals surface area contributed by atoms with Gasteiger partial charge in [-0.15, -0.1) is 0 Å². The van der Waals surface area contributed by atoms with E-state index in [0.717, 1.165) is 17.8 Å². The zero-order valence-corrected chi connectivity index (χ0v) is 13.5. The maximum atomic E-state index is 12.4. The third kappa shape index (κ3) is 2.95. The lowest BCUT2D eigenvalue weighted by Gasteiger charge is -2.14. The zero-order valence-electron chi connectivity index (χ0n) is 12.7. The van der Waals surface area contributed by atoms with E-state index in [-0.39, 0.29) is 11.9 Å². The van der Waals surface area contributed by atoms with Crippen molar-refractivity contribution in [3.8, 4) is 0 Å². The first-order valence-electron chi connectivity index (χ1n) is 7.04. The molecule has 0 saturated heterocycles. The number of carbonyl (C=O) groups is 1. The van der Waals surface area contributed by atoms with Gasteiger partial charge in [0.1, 0.15) is 5.69 Å². The number of rotatable bonds is 5. The minimum atomic E-state index is -0.226. The number of nitrogens with one attached hydrogen (secondary N) is 1. The van der Waals surface area contributed by atoms with Crippen LogP contribution in [0, 0.1) is 6.92 Å². The predicted octanol–water partition coefficient (Wildman–Crippen LogP) is 2.57. The Balaban J connectivity index is 2.19. The maximum Gasteiger partial charge on any atom is 0.271 e. The van der Waals surface area contributed by atoms with Crippen molar-refractivity contribution in [2.45, 2.75) is 46.8 Å². The molecule has 1 unspecified atom stereocenters. The number of aryl methyl sites for hydroxylation is 2. The van der Waals surface area contributed by atoms with Crippen LogP contribution in [0.15, 0.2) is 12.4 Å². The van der Waals surface area contributed by atoms with Crippen molar-refractivity contribution in [3.63, 3.8) is 0 Å². The predicted molar refractivity (Wildman–Crippen MR) is 81.4 cm³/mol. The minimum Gasteiger partial charge on any atom is -0.344 e. The fraction of sp³-hybridized carbons (Fsp3) is 0.500. The number of aromatic nitrogens is 4. The number of halogens is 1. The van der Waals surface area contributed by atoms with Crippen LogP contribution in [0.25, 0.3) is 0 Å². The second kappa shape index (κ2) is 6.30. The summed E-state index contributed by atoms with van der Waals surface area (Å²) in [7, 11) is 0. The highest BCUT2D eigenvalue weighted by Gasteiger charge is 2.21. The summed E-state index contributed by atoms with van der Waals surface area (Å²) in [5.41, 5.74) is 2.45. The standard InChI is InChI=1S/C14H20ClN5O/c1-5-19-10(4)11(7-16-19)9(3)18-14(21)13-12(15)8-17-20(13)6-2/h7-9H,5-6H2,1-4H3,(H,18,21). The summed E-state index contributed by atoms with van der Waals surface area (Å²) in [4.78, 5) is 12.4. The Kier molecular flexibility index (Phi) is 4.67. The summed E-state index contributed by atoms with van der Waals surface area (Å²) in [5.74, 6) is -0.226. The first-order chi connectivity index (χ1) is 9.99. The van der Waals surface area contributed by atoms with Crippen LogP contribution in [-0.4, -0.2) is 25.5 Å². The summed E-state index contributed by atoms with van der Waals surface area (Å²) < 4.78 is 3.49. The van der Waals surface area contributed by atoms with Crippen LogP contribution < -0.4 is 5.32 Å². The lowest BCUT2D eigenvalue weighted by atomic mass is 10.1. The molecule has 2 rings (SSSR count). The van der Waals surface area contributed by atoms with Crippen molar-refractivity contribution in [1.29, 1.82) is 0 Å². The molecule has 114 valence electrons. The third-order valence-corrected chi connectivity index (χ3v) is 3.84. The molecule has 1 amide bonds. The molecule has 0 saturated carbocycles. The van der Waals surface area contributed by atoms with E-state index < -0.39 is 0 Å². The van der Waals surface area contributed by atoms with Gasteiger partial charge in [0.2, 0.25) is 0 Å². The molecule has 0 spiro atoms. The molecule has 0 aliphatic heterocycles. The summed E-state index contributed by atoms with van der Waals surface area (Å²) in [6.07, 6.45) is 3.29. The normalized spacial score (nSPS) is 12.4. The number of amides is 1. The van der Waals surface area contributed by atoms with Crippen LogP contribution in [0.2, 0.25) is 5.02 Å². The van der Waals surface area contributed by atoms with Gasteiger partial charge in [0.15, 0.2) is 0 Å². The van der Waals surface area contributed by atoms with Crippen molar-refractivity contribution in [3.05, 3.63) is 34.4 Å². The van der Waals surface area contributed by atoms with Crippen LogP contribution in [-0.2, 0) is 13.1 Å². The Morgan fingerprint density at radius 1 is 1.29 bits per heavy atom. The van der Waals surface area contributed by atoms with E-state index in [1.165, 1.54) is 6.20 Å². The minimum absolute atomic E-state index is 0.144. The van der Waals surface area contributed by atoms with E-state index in [2.05, 4.69) is 15.5 Å². The molecule has 7 heteroatoms. The van der Waals surface area contributed by atoms with Gasteiger partial charge in [-0.3, -0.25) is 14.2 Å². The SMILES string of the molecule is CCn1ncc(C(C)NC(=O)c2c(Cl)cnn2CC)c1C. The highest BCUT2D eigenvalue weighted by molar-refractivity contribution is 6.33. The summed E-state index contributed by atoms with van der Waals surface area (Å²) >= 11 is 6.05. The molecule has 1 N–H and O–H groups in total. The van der Waals surface area contributed by atoms with Crippen LogP contribution in [0.1, 0.15) is 48.6 Å². The third-order valence-electron chi connectivity index (χ3n) is 3.56. The molecule has 2 aromatic heterocycles. The Morgan fingerprint density at radius 2 is 1.90 bits per heavy atom. The average molecular weight is 310 g/mol. The second-order valence-corrected chi connectivity index (χ2v) is 5.26. The zero-order chi connectivity index (χ0) is 15.6. The lowest BCUT2D eigenvalue weighted by Crippen LogP contribution is -2.29. The van der Waals surface area contributed by atoms with Gasteiger partial charge in [-0.1, -0.05) is 11.6 Å². The second-order valence-electron chi connectivity index (χ2n) is 4.85. The number of hydrogen-bond acceptors (Lipinski definition) is 3. The van der Waals surface area contributed by atoms with Gasteiger partial charge in [-0.25, -0.2) is 0 Å². The van der Waals surface area contributed by atoms with Gasteiger partial charge in [0, 0.05) is 24.3 Å². The van der Waals surface area contributed by atoms with E-state index in [1.807, 2.05) is 32.4 Å². The molecule has 6 nitrogen and oxygen atoms in total. The molecule has 0 aliphatic carbocycles. The molecule has 0 bridgehead atoms. The van der Waals surface area contributed by atoms with E-state index in [4.69, 9.17) is 11.6 Å². The molecule has 0 aromatic carbocycles. The van der Waals surface area contributed by atoms with Crippen LogP contribution in [0.3, 0.4) is 0 Å². The van der Waals surface area contributed by atoms with Crippen molar-refractivity contribution in [1.82, 2.24) is 24.9 Å². The highest BCUT2D eigenvalue weighted by Crippen LogP contribution is 2.20. The largest absolute Gasteiger partial charge is 0.344 e. The Morgan fingerprint density at radius 3 is 2.48 bits per heavy atom.